The fourth-order valence-corrected chi connectivity index (χ4v) is 3.07. The summed E-state index contributed by atoms with van der Waals surface area (Å²) in [5.41, 5.74) is 2.46. The summed E-state index contributed by atoms with van der Waals surface area (Å²) in [5, 5.41) is 0. The molecule has 0 radical (unpaired) electrons. The van der Waals surface area contributed by atoms with Gasteiger partial charge in [-0.1, -0.05) is 30.3 Å². The summed E-state index contributed by atoms with van der Waals surface area (Å²) in [7, 11) is 0. The minimum absolute atomic E-state index is 0.0419. The Morgan fingerprint density at radius 1 is 1.08 bits per heavy atom. The number of benzene rings is 2. The largest absolute Gasteiger partial charge is 0.483 e. The molecule has 2 heterocycles. The molecule has 1 aliphatic rings. The van der Waals surface area contributed by atoms with E-state index in [4.69, 9.17) is 9.15 Å². The minimum Gasteiger partial charge on any atom is -0.483 e. The van der Waals surface area contributed by atoms with Crippen molar-refractivity contribution in [2.45, 2.75) is 12.8 Å². The number of hydrogen-bond acceptors (Lipinski definition) is 4. The van der Waals surface area contributed by atoms with Crippen molar-refractivity contribution in [3.63, 3.8) is 0 Å². The zero-order valence-corrected chi connectivity index (χ0v) is 14.4. The lowest BCUT2D eigenvalue weighted by Gasteiger charge is -2.16. The van der Waals surface area contributed by atoms with Gasteiger partial charge in [0.2, 0.25) is 5.89 Å². The van der Waals surface area contributed by atoms with Crippen LogP contribution in [-0.4, -0.2) is 35.5 Å². The lowest BCUT2D eigenvalue weighted by atomic mass is 10.2. The Morgan fingerprint density at radius 3 is 2.69 bits per heavy atom. The van der Waals surface area contributed by atoms with Crippen LogP contribution >= 0.6 is 0 Å². The van der Waals surface area contributed by atoms with Crippen LogP contribution in [0.2, 0.25) is 0 Å². The second-order valence-electron chi connectivity index (χ2n) is 6.27. The van der Waals surface area contributed by atoms with Gasteiger partial charge in [-0.25, -0.2) is 4.98 Å². The highest BCUT2D eigenvalue weighted by atomic mass is 16.5. The number of ether oxygens (including phenoxy) is 1. The zero-order chi connectivity index (χ0) is 17.8. The number of fused-ring (bicyclic) bond motifs is 1. The molecule has 0 aliphatic carbocycles. The smallest absolute Gasteiger partial charge is 0.260 e. The first kappa shape index (κ1) is 16.4. The molecular formula is C21H20N2O3. The lowest BCUT2D eigenvalue weighted by molar-refractivity contribution is -0.132. The third kappa shape index (κ3) is 3.61. The molecule has 0 bridgehead atoms. The van der Waals surface area contributed by atoms with Gasteiger partial charge in [0.1, 0.15) is 11.3 Å². The normalized spacial score (nSPS) is 14.4. The molecule has 2 aromatic carbocycles. The number of hydrogen-bond donors (Lipinski definition) is 0. The highest BCUT2D eigenvalue weighted by molar-refractivity contribution is 5.79. The first-order chi connectivity index (χ1) is 12.8. The van der Waals surface area contributed by atoms with E-state index < -0.39 is 0 Å². The van der Waals surface area contributed by atoms with Gasteiger partial charge in [0, 0.05) is 24.7 Å². The predicted molar refractivity (Wildman–Crippen MR) is 101 cm³/mol. The van der Waals surface area contributed by atoms with Crippen LogP contribution in [0.15, 0.2) is 52.9 Å². The van der Waals surface area contributed by atoms with E-state index in [0.717, 1.165) is 42.6 Å². The molecule has 0 N–H and O–H groups in total. The Balaban J connectivity index is 1.47. The van der Waals surface area contributed by atoms with Crippen LogP contribution in [0.25, 0.3) is 23.3 Å². The van der Waals surface area contributed by atoms with Gasteiger partial charge in [0.25, 0.3) is 5.91 Å². The standard InChI is InChI=1S/C21H20N2O3/c24-21(23-13-5-6-14-23)15-25-18-9-3-1-7-16(18)11-12-20-22-17-8-2-4-10-19(17)26-20/h1-4,7-12H,5-6,13-15H2. The van der Waals surface area contributed by atoms with Crippen LogP contribution in [0, 0.1) is 0 Å². The van der Waals surface area contributed by atoms with Crippen LogP contribution in [-0.2, 0) is 4.79 Å². The Labute approximate surface area is 151 Å². The van der Waals surface area contributed by atoms with Gasteiger partial charge in [-0.2, -0.15) is 0 Å². The van der Waals surface area contributed by atoms with Gasteiger partial charge in [-0.15, -0.1) is 0 Å². The van der Waals surface area contributed by atoms with E-state index in [1.807, 2.05) is 65.6 Å². The number of carbonyl (C=O) groups is 1. The fraction of sp³-hybridized carbons (Fsp3) is 0.238. The quantitative estimate of drug-likeness (QED) is 0.699. The highest BCUT2D eigenvalue weighted by Crippen LogP contribution is 2.22. The first-order valence-corrected chi connectivity index (χ1v) is 8.83. The summed E-state index contributed by atoms with van der Waals surface area (Å²) in [5.74, 6) is 1.25. The van der Waals surface area contributed by atoms with Crippen molar-refractivity contribution in [2.75, 3.05) is 19.7 Å². The van der Waals surface area contributed by atoms with E-state index in [9.17, 15) is 4.79 Å². The molecule has 26 heavy (non-hydrogen) atoms. The highest BCUT2D eigenvalue weighted by Gasteiger charge is 2.18. The third-order valence-electron chi connectivity index (χ3n) is 4.44. The molecule has 1 saturated heterocycles. The molecule has 132 valence electrons. The predicted octanol–water partition coefficient (Wildman–Crippen LogP) is 4.00. The van der Waals surface area contributed by atoms with Crippen molar-refractivity contribution in [3.05, 3.63) is 60.0 Å². The van der Waals surface area contributed by atoms with Crippen molar-refractivity contribution in [1.29, 1.82) is 0 Å². The van der Waals surface area contributed by atoms with Crippen molar-refractivity contribution < 1.29 is 13.9 Å². The summed E-state index contributed by atoms with van der Waals surface area (Å²) in [6, 6.07) is 15.3. The molecule has 0 spiro atoms. The number of para-hydroxylation sites is 3. The van der Waals surface area contributed by atoms with E-state index in [1.54, 1.807) is 0 Å². The van der Waals surface area contributed by atoms with Crippen molar-refractivity contribution in [2.24, 2.45) is 0 Å². The molecular weight excluding hydrogens is 328 g/mol. The summed E-state index contributed by atoms with van der Waals surface area (Å²) in [6.45, 7) is 1.73. The first-order valence-electron chi connectivity index (χ1n) is 8.83. The number of oxazole rings is 1. The fourth-order valence-electron chi connectivity index (χ4n) is 3.07. The molecule has 5 nitrogen and oxygen atoms in total. The number of carbonyl (C=O) groups excluding carboxylic acids is 1. The molecule has 1 aromatic heterocycles. The molecule has 1 fully saturated rings. The third-order valence-corrected chi connectivity index (χ3v) is 4.44. The topological polar surface area (TPSA) is 55.6 Å². The molecule has 5 heteroatoms. The Bertz CT molecular complexity index is 906. The average molecular weight is 348 g/mol. The zero-order valence-electron chi connectivity index (χ0n) is 14.4. The Morgan fingerprint density at radius 2 is 1.85 bits per heavy atom. The SMILES string of the molecule is O=C(COc1ccccc1C=Cc1nc2ccccc2o1)N1CCCC1. The molecule has 3 aromatic rings. The molecule has 4 rings (SSSR count). The Kier molecular flexibility index (Phi) is 4.69. The molecule has 0 unspecified atom stereocenters. The maximum Gasteiger partial charge on any atom is 0.260 e. The minimum atomic E-state index is 0.0419. The molecule has 1 amide bonds. The van der Waals surface area contributed by atoms with E-state index in [2.05, 4.69) is 4.98 Å². The van der Waals surface area contributed by atoms with E-state index in [0.29, 0.717) is 11.6 Å². The van der Waals surface area contributed by atoms with Crippen LogP contribution < -0.4 is 4.74 Å². The number of aromatic nitrogens is 1. The second-order valence-corrected chi connectivity index (χ2v) is 6.27. The van der Waals surface area contributed by atoms with Crippen LogP contribution in [0.5, 0.6) is 5.75 Å². The maximum atomic E-state index is 12.2. The van der Waals surface area contributed by atoms with E-state index in [1.165, 1.54) is 0 Å². The van der Waals surface area contributed by atoms with Crippen LogP contribution in [0.4, 0.5) is 0 Å². The van der Waals surface area contributed by atoms with Crippen LogP contribution in [0.1, 0.15) is 24.3 Å². The van der Waals surface area contributed by atoms with Crippen molar-refractivity contribution >= 4 is 29.2 Å². The lowest BCUT2D eigenvalue weighted by Crippen LogP contribution is -2.32. The van der Waals surface area contributed by atoms with Gasteiger partial charge in [-0.05, 0) is 37.1 Å². The summed E-state index contributed by atoms with van der Waals surface area (Å²) in [6.07, 6.45) is 5.86. The number of nitrogens with zero attached hydrogens (tertiary/aromatic N) is 2. The number of rotatable bonds is 5. The second kappa shape index (κ2) is 7.44. The van der Waals surface area contributed by atoms with E-state index >= 15 is 0 Å². The number of amides is 1. The van der Waals surface area contributed by atoms with Gasteiger partial charge in [0.15, 0.2) is 12.2 Å². The summed E-state index contributed by atoms with van der Waals surface area (Å²) < 4.78 is 11.5. The van der Waals surface area contributed by atoms with Gasteiger partial charge in [0.05, 0.1) is 0 Å². The number of likely N-dealkylation sites (tertiary alicyclic amines) is 1. The Hall–Kier alpha value is -3.08. The van der Waals surface area contributed by atoms with Crippen molar-refractivity contribution in [3.8, 4) is 5.75 Å². The van der Waals surface area contributed by atoms with Gasteiger partial charge >= 0.3 is 0 Å². The summed E-state index contributed by atoms with van der Waals surface area (Å²) >= 11 is 0. The molecule has 0 saturated carbocycles. The van der Waals surface area contributed by atoms with Crippen molar-refractivity contribution in [1.82, 2.24) is 9.88 Å². The molecule has 0 atom stereocenters. The summed E-state index contributed by atoms with van der Waals surface area (Å²) in [4.78, 5) is 18.5. The molecule has 1 aliphatic heterocycles. The monoisotopic (exact) mass is 348 g/mol. The van der Waals surface area contributed by atoms with Gasteiger partial charge < -0.3 is 14.1 Å². The van der Waals surface area contributed by atoms with Gasteiger partial charge in [-0.3, -0.25) is 4.79 Å². The van der Waals surface area contributed by atoms with Crippen LogP contribution in [0.3, 0.4) is 0 Å². The maximum absolute atomic E-state index is 12.2. The van der Waals surface area contributed by atoms with E-state index in [-0.39, 0.29) is 12.5 Å². The average Bonchev–Trinajstić information content (AvgIpc) is 3.34.